The molecule has 1 fully saturated rings. The Labute approximate surface area is 171 Å². The molecule has 1 unspecified atom stereocenters. The normalized spacial score (nSPS) is 18.5. The van der Waals surface area contributed by atoms with Gasteiger partial charge in [-0.15, -0.1) is 0 Å². The van der Waals surface area contributed by atoms with E-state index in [9.17, 15) is 21.6 Å². The summed E-state index contributed by atoms with van der Waals surface area (Å²) in [6, 6.07) is 10.8. The maximum Gasteiger partial charge on any atom is 0.255 e. The molecule has 9 heteroatoms. The number of rotatable bonds is 6. The Morgan fingerprint density at radius 1 is 1.14 bits per heavy atom. The molecule has 7 nitrogen and oxygen atoms in total. The van der Waals surface area contributed by atoms with E-state index in [1.807, 2.05) is 32.0 Å². The number of carbonyl (C=O) groups is 1. The van der Waals surface area contributed by atoms with E-state index in [2.05, 4.69) is 10.0 Å². The lowest BCUT2D eigenvalue weighted by Gasteiger charge is -2.14. The second-order valence-corrected chi connectivity index (χ2v) is 11.1. The van der Waals surface area contributed by atoms with Crippen LogP contribution in [-0.2, 0) is 26.3 Å². The fourth-order valence-electron chi connectivity index (χ4n) is 3.35. The van der Waals surface area contributed by atoms with Crippen molar-refractivity contribution in [3.63, 3.8) is 0 Å². The maximum atomic E-state index is 12.6. The van der Waals surface area contributed by atoms with Crippen molar-refractivity contribution in [1.29, 1.82) is 0 Å². The highest BCUT2D eigenvalue weighted by molar-refractivity contribution is 7.92. The van der Waals surface area contributed by atoms with Crippen molar-refractivity contribution in [3.05, 3.63) is 59.2 Å². The highest BCUT2D eigenvalue weighted by atomic mass is 32.2. The lowest BCUT2D eigenvalue weighted by Crippen LogP contribution is -2.35. The van der Waals surface area contributed by atoms with Gasteiger partial charge in [0.2, 0.25) is 10.0 Å². The third kappa shape index (κ3) is 5.04. The van der Waals surface area contributed by atoms with E-state index in [1.165, 1.54) is 24.3 Å². The monoisotopic (exact) mass is 436 g/mol. The molecular weight excluding hydrogens is 412 g/mol. The third-order valence-corrected chi connectivity index (χ3v) is 8.26. The van der Waals surface area contributed by atoms with Crippen LogP contribution in [-0.4, -0.2) is 40.3 Å². The largest absolute Gasteiger partial charge is 0.321 e. The molecule has 2 aromatic carbocycles. The lowest BCUT2D eigenvalue weighted by atomic mass is 10.1. The summed E-state index contributed by atoms with van der Waals surface area (Å²) in [7, 11) is -7.05. The fraction of sp³-hybridized carbons (Fsp3) is 0.350. The Kier molecular flexibility index (Phi) is 6.11. The van der Waals surface area contributed by atoms with Crippen molar-refractivity contribution in [2.45, 2.75) is 37.6 Å². The van der Waals surface area contributed by atoms with Gasteiger partial charge >= 0.3 is 0 Å². The summed E-state index contributed by atoms with van der Waals surface area (Å²) in [4.78, 5) is 12.6. The molecule has 1 amide bonds. The Morgan fingerprint density at radius 3 is 2.41 bits per heavy atom. The molecule has 0 aromatic heterocycles. The molecule has 0 radical (unpaired) electrons. The molecule has 29 heavy (non-hydrogen) atoms. The molecule has 3 rings (SSSR count). The minimum atomic E-state index is -3.86. The molecule has 2 aromatic rings. The van der Waals surface area contributed by atoms with Crippen molar-refractivity contribution in [1.82, 2.24) is 4.72 Å². The minimum Gasteiger partial charge on any atom is -0.321 e. The number of sulfonamides is 1. The van der Waals surface area contributed by atoms with Gasteiger partial charge in [0.1, 0.15) is 0 Å². The molecule has 0 aliphatic carbocycles. The van der Waals surface area contributed by atoms with E-state index in [0.717, 1.165) is 23.2 Å². The average Bonchev–Trinajstić information content (AvgIpc) is 3.01. The summed E-state index contributed by atoms with van der Waals surface area (Å²) in [5.74, 6) is -0.534. The van der Waals surface area contributed by atoms with E-state index < -0.39 is 25.9 Å². The molecule has 1 aliphatic heterocycles. The van der Waals surface area contributed by atoms with Crippen LogP contribution in [0.3, 0.4) is 0 Å². The SMILES string of the molecule is CCc1cccc(C)c1NC(=O)c1ccc(S(=O)(=O)NC2CCS(=O)(=O)C2)cc1. The second kappa shape index (κ2) is 8.25. The number of hydrogen-bond donors (Lipinski definition) is 2. The third-order valence-electron chi connectivity index (χ3n) is 4.96. The van der Waals surface area contributed by atoms with Gasteiger partial charge in [-0.1, -0.05) is 25.1 Å². The molecule has 1 aliphatic rings. The predicted octanol–water partition coefficient (Wildman–Crippen LogP) is 2.28. The lowest BCUT2D eigenvalue weighted by molar-refractivity contribution is 0.102. The predicted molar refractivity (Wildman–Crippen MR) is 112 cm³/mol. The van der Waals surface area contributed by atoms with E-state index in [4.69, 9.17) is 0 Å². The average molecular weight is 437 g/mol. The summed E-state index contributed by atoms with van der Waals surface area (Å²) in [6.07, 6.45) is 1.04. The van der Waals surface area contributed by atoms with Crippen molar-refractivity contribution in [3.8, 4) is 0 Å². The standard InChI is InChI=1S/C20H24N2O5S2/c1-3-15-6-4-5-14(2)19(15)21-20(23)16-7-9-18(10-8-16)29(26,27)22-17-11-12-28(24,25)13-17/h4-10,17,22H,3,11-13H2,1-2H3,(H,21,23). The number of amides is 1. The molecule has 0 bridgehead atoms. The number of aryl methyl sites for hydroxylation is 2. The highest BCUT2D eigenvalue weighted by Crippen LogP contribution is 2.22. The van der Waals surface area contributed by atoms with Crippen LogP contribution in [0.15, 0.2) is 47.4 Å². The first-order valence-electron chi connectivity index (χ1n) is 9.34. The van der Waals surface area contributed by atoms with E-state index in [0.29, 0.717) is 5.56 Å². The zero-order valence-electron chi connectivity index (χ0n) is 16.3. The Morgan fingerprint density at radius 2 is 1.83 bits per heavy atom. The second-order valence-electron chi connectivity index (χ2n) is 7.16. The van der Waals surface area contributed by atoms with Crippen LogP contribution in [0.5, 0.6) is 0 Å². The van der Waals surface area contributed by atoms with Gasteiger partial charge < -0.3 is 5.32 Å². The number of sulfone groups is 1. The maximum absolute atomic E-state index is 12.6. The Balaban J connectivity index is 1.74. The number of benzene rings is 2. The van der Waals surface area contributed by atoms with Gasteiger partial charge in [-0.3, -0.25) is 4.79 Å². The van der Waals surface area contributed by atoms with Gasteiger partial charge in [0.05, 0.1) is 16.4 Å². The molecule has 1 heterocycles. The molecular formula is C20H24N2O5S2. The molecule has 2 N–H and O–H groups in total. The number of nitrogens with one attached hydrogen (secondary N) is 2. The van der Waals surface area contributed by atoms with Gasteiger partial charge in [-0.25, -0.2) is 21.6 Å². The quantitative estimate of drug-likeness (QED) is 0.722. The van der Waals surface area contributed by atoms with Crippen LogP contribution in [0.25, 0.3) is 0 Å². The number of carbonyl (C=O) groups excluding carboxylic acids is 1. The molecule has 1 saturated heterocycles. The van der Waals surface area contributed by atoms with E-state index in [-0.39, 0.29) is 28.7 Å². The van der Waals surface area contributed by atoms with Gasteiger partial charge in [0.15, 0.2) is 9.84 Å². The smallest absolute Gasteiger partial charge is 0.255 e. The zero-order valence-corrected chi connectivity index (χ0v) is 17.9. The van der Waals surface area contributed by atoms with Crippen LogP contribution in [0.4, 0.5) is 5.69 Å². The number of anilines is 1. The van der Waals surface area contributed by atoms with Crippen molar-refractivity contribution < 1.29 is 21.6 Å². The highest BCUT2D eigenvalue weighted by Gasteiger charge is 2.31. The number of hydrogen-bond acceptors (Lipinski definition) is 5. The van der Waals surface area contributed by atoms with Crippen LogP contribution in [0.2, 0.25) is 0 Å². The first-order valence-corrected chi connectivity index (χ1v) is 12.6. The zero-order chi connectivity index (χ0) is 21.2. The molecule has 0 spiro atoms. The Bertz CT molecular complexity index is 1120. The minimum absolute atomic E-state index is 0.0107. The first kappa shape index (κ1) is 21.5. The summed E-state index contributed by atoms with van der Waals surface area (Å²) in [5.41, 5.74) is 3.07. The molecule has 156 valence electrons. The molecule has 0 saturated carbocycles. The topological polar surface area (TPSA) is 109 Å². The summed E-state index contributed by atoms with van der Waals surface area (Å²) >= 11 is 0. The van der Waals surface area contributed by atoms with Crippen molar-refractivity contribution in [2.24, 2.45) is 0 Å². The van der Waals surface area contributed by atoms with Crippen molar-refractivity contribution >= 4 is 31.5 Å². The van der Waals surface area contributed by atoms with Crippen LogP contribution >= 0.6 is 0 Å². The van der Waals surface area contributed by atoms with Crippen LogP contribution in [0, 0.1) is 6.92 Å². The van der Waals surface area contributed by atoms with Gasteiger partial charge in [0.25, 0.3) is 5.91 Å². The molecule has 1 atom stereocenters. The van der Waals surface area contributed by atoms with Crippen LogP contribution in [0.1, 0.15) is 34.8 Å². The van der Waals surface area contributed by atoms with Gasteiger partial charge in [0, 0.05) is 17.3 Å². The Hall–Kier alpha value is -2.23. The first-order chi connectivity index (χ1) is 13.6. The van der Waals surface area contributed by atoms with Gasteiger partial charge in [-0.2, -0.15) is 0 Å². The summed E-state index contributed by atoms with van der Waals surface area (Å²) < 4.78 is 50.5. The van der Waals surface area contributed by atoms with Gasteiger partial charge in [-0.05, 0) is 55.2 Å². The van der Waals surface area contributed by atoms with Crippen LogP contribution < -0.4 is 10.0 Å². The van der Waals surface area contributed by atoms with E-state index in [1.54, 1.807) is 0 Å². The fourth-order valence-corrected chi connectivity index (χ4v) is 6.40. The summed E-state index contributed by atoms with van der Waals surface area (Å²) in [6.45, 7) is 3.92. The summed E-state index contributed by atoms with van der Waals surface area (Å²) in [5, 5.41) is 2.90. The van der Waals surface area contributed by atoms with Crippen molar-refractivity contribution in [2.75, 3.05) is 16.8 Å². The number of para-hydroxylation sites is 1. The van der Waals surface area contributed by atoms with E-state index >= 15 is 0 Å².